The van der Waals surface area contributed by atoms with E-state index >= 15 is 0 Å². The number of hydrogen-bond donors (Lipinski definition) is 1. The molecule has 4 fully saturated rings. The number of aliphatic carboxylic acids is 1. The first-order chi connectivity index (χ1) is 13.1. The summed E-state index contributed by atoms with van der Waals surface area (Å²) in [5.41, 5.74) is 1.18. The van der Waals surface area contributed by atoms with Crippen LogP contribution in [0.25, 0.3) is 0 Å². The fraction of sp³-hybridized carbons (Fsp3) is 0.682. The highest BCUT2D eigenvalue weighted by Crippen LogP contribution is 2.55. The van der Waals surface area contributed by atoms with Crippen LogP contribution < -0.4 is 4.74 Å². The zero-order chi connectivity index (χ0) is 18.7. The van der Waals surface area contributed by atoms with Gasteiger partial charge < -0.3 is 19.3 Å². The van der Waals surface area contributed by atoms with Gasteiger partial charge in [0.15, 0.2) is 6.29 Å². The molecule has 1 aliphatic carbocycles. The van der Waals surface area contributed by atoms with Crippen LogP contribution in [0.1, 0.15) is 69.8 Å². The summed E-state index contributed by atoms with van der Waals surface area (Å²) < 4.78 is 18.2. The van der Waals surface area contributed by atoms with Gasteiger partial charge >= 0.3 is 5.97 Å². The van der Waals surface area contributed by atoms with Crippen molar-refractivity contribution in [3.05, 3.63) is 29.8 Å². The lowest BCUT2D eigenvalue weighted by Crippen LogP contribution is -2.49. The van der Waals surface area contributed by atoms with Crippen molar-refractivity contribution in [2.45, 2.75) is 76.1 Å². The van der Waals surface area contributed by atoms with Gasteiger partial charge in [0.25, 0.3) is 0 Å². The SMILES string of the molecule is O=C(O)CCCC12CCC(c3cccc(OC4CCCCO4)c3)(CC1)OC2. The van der Waals surface area contributed by atoms with Crippen molar-refractivity contribution in [1.29, 1.82) is 0 Å². The van der Waals surface area contributed by atoms with E-state index in [1.165, 1.54) is 5.56 Å². The lowest BCUT2D eigenvalue weighted by molar-refractivity contribution is -0.192. The first-order valence-corrected chi connectivity index (χ1v) is 10.3. The maximum absolute atomic E-state index is 10.8. The average Bonchev–Trinajstić information content (AvgIpc) is 2.70. The van der Waals surface area contributed by atoms with Crippen molar-refractivity contribution >= 4 is 5.97 Å². The molecule has 0 aromatic heterocycles. The predicted octanol–water partition coefficient (Wildman–Crippen LogP) is 4.63. The summed E-state index contributed by atoms with van der Waals surface area (Å²) in [6, 6.07) is 8.33. The maximum atomic E-state index is 10.8. The Balaban J connectivity index is 1.40. The predicted molar refractivity (Wildman–Crippen MR) is 101 cm³/mol. The van der Waals surface area contributed by atoms with Crippen LogP contribution in [0.4, 0.5) is 0 Å². The normalized spacial score (nSPS) is 33.0. The number of ether oxygens (including phenoxy) is 3. The second kappa shape index (κ2) is 7.80. The topological polar surface area (TPSA) is 65.0 Å². The van der Waals surface area contributed by atoms with E-state index < -0.39 is 5.97 Å². The van der Waals surface area contributed by atoms with Crippen molar-refractivity contribution in [3.63, 3.8) is 0 Å². The molecule has 3 aliphatic heterocycles. The molecular weight excluding hydrogens is 344 g/mol. The molecule has 4 aliphatic rings. The molecule has 5 nitrogen and oxygen atoms in total. The monoisotopic (exact) mass is 374 g/mol. The van der Waals surface area contributed by atoms with Gasteiger partial charge in [0.1, 0.15) is 5.75 Å². The number of carbonyl (C=O) groups is 1. The van der Waals surface area contributed by atoms with Crippen molar-refractivity contribution in [2.75, 3.05) is 13.2 Å². The number of carboxylic acids is 1. The zero-order valence-corrected chi connectivity index (χ0v) is 16.0. The Kier molecular flexibility index (Phi) is 5.42. The molecule has 1 saturated carbocycles. The molecule has 27 heavy (non-hydrogen) atoms. The van der Waals surface area contributed by atoms with Gasteiger partial charge in [-0.05, 0) is 74.5 Å². The van der Waals surface area contributed by atoms with Gasteiger partial charge in [-0.2, -0.15) is 0 Å². The van der Waals surface area contributed by atoms with E-state index in [1.807, 2.05) is 6.07 Å². The maximum Gasteiger partial charge on any atom is 0.303 e. The fourth-order valence-corrected chi connectivity index (χ4v) is 4.88. The smallest absolute Gasteiger partial charge is 0.303 e. The fourth-order valence-electron chi connectivity index (χ4n) is 4.88. The highest BCUT2D eigenvalue weighted by atomic mass is 16.7. The van der Waals surface area contributed by atoms with Crippen molar-refractivity contribution in [2.24, 2.45) is 5.41 Å². The highest BCUT2D eigenvalue weighted by Gasteiger charge is 2.50. The second-order valence-corrected chi connectivity index (χ2v) is 8.47. The Morgan fingerprint density at radius 2 is 2.07 bits per heavy atom. The summed E-state index contributed by atoms with van der Waals surface area (Å²) in [5.74, 6) is 0.160. The van der Waals surface area contributed by atoms with Crippen LogP contribution in [0, 0.1) is 5.41 Å². The van der Waals surface area contributed by atoms with Crippen molar-refractivity contribution in [3.8, 4) is 5.75 Å². The number of hydrogen-bond acceptors (Lipinski definition) is 4. The standard InChI is InChI=1S/C22H30O5/c23-19(24)7-4-9-21-10-12-22(13-11-21,26-16-21)17-5-3-6-18(15-17)27-20-8-1-2-14-25-20/h3,5-6,15,20H,1-2,4,7-14,16H2,(H,23,24). The van der Waals surface area contributed by atoms with Crippen molar-refractivity contribution in [1.82, 2.24) is 0 Å². The van der Waals surface area contributed by atoms with Crippen molar-refractivity contribution < 1.29 is 24.1 Å². The molecule has 1 atom stereocenters. The highest BCUT2D eigenvalue weighted by molar-refractivity contribution is 5.66. The van der Waals surface area contributed by atoms with E-state index in [4.69, 9.17) is 19.3 Å². The molecule has 3 saturated heterocycles. The van der Waals surface area contributed by atoms with Crippen LogP contribution in [-0.4, -0.2) is 30.6 Å². The van der Waals surface area contributed by atoms with Crippen LogP contribution in [0.3, 0.4) is 0 Å². The van der Waals surface area contributed by atoms with Gasteiger partial charge in [0, 0.05) is 12.8 Å². The molecule has 2 bridgehead atoms. The van der Waals surface area contributed by atoms with Gasteiger partial charge in [0.2, 0.25) is 0 Å². The van der Waals surface area contributed by atoms with Gasteiger partial charge in [-0.25, -0.2) is 0 Å². The van der Waals surface area contributed by atoms with E-state index in [1.54, 1.807) is 0 Å². The molecule has 1 aromatic carbocycles. The van der Waals surface area contributed by atoms with Gasteiger partial charge in [0.05, 0.1) is 18.8 Å². The molecule has 1 unspecified atom stereocenters. The van der Waals surface area contributed by atoms with E-state index in [-0.39, 0.29) is 23.7 Å². The Morgan fingerprint density at radius 1 is 1.22 bits per heavy atom. The quantitative estimate of drug-likeness (QED) is 0.754. The number of carboxylic acid groups (broad SMARTS) is 1. The number of rotatable bonds is 7. The molecule has 3 heterocycles. The third-order valence-corrected chi connectivity index (χ3v) is 6.64. The number of fused-ring (bicyclic) bond motifs is 3. The Bertz CT molecular complexity index is 640. The molecule has 148 valence electrons. The Hall–Kier alpha value is -1.59. The van der Waals surface area contributed by atoms with Crippen LogP contribution >= 0.6 is 0 Å². The molecule has 1 N–H and O–H groups in total. The second-order valence-electron chi connectivity index (χ2n) is 8.47. The Labute approximate surface area is 161 Å². The van der Waals surface area contributed by atoms with E-state index in [0.717, 1.165) is 76.8 Å². The zero-order valence-electron chi connectivity index (χ0n) is 16.0. The first-order valence-electron chi connectivity index (χ1n) is 10.3. The summed E-state index contributed by atoms with van der Waals surface area (Å²) in [4.78, 5) is 10.8. The Morgan fingerprint density at radius 3 is 2.74 bits per heavy atom. The average molecular weight is 374 g/mol. The molecule has 0 amide bonds. The van der Waals surface area contributed by atoms with Crippen LogP contribution in [-0.2, 0) is 19.9 Å². The van der Waals surface area contributed by atoms with Crippen LogP contribution in [0.15, 0.2) is 24.3 Å². The van der Waals surface area contributed by atoms with Crippen LogP contribution in [0.2, 0.25) is 0 Å². The van der Waals surface area contributed by atoms with E-state index in [0.29, 0.717) is 0 Å². The lowest BCUT2D eigenvalue weighted by Gasteiger charge is -2.53. The molecule has 0 spiro atoms. The lowest BCUT2D eigenvalue weighted by atomic mass is 9.62. The largest absolute Gasteiger partial charge is 0.481 e. The summed E-state index contributed by atoms with van der Waals surface area (Å²) in [5, 5.41) is 8.89. The molecule has 1 aromatic rings. The van der Waals surface area contributed by atoms with E-state index in [2.05, 4.69) is 18.2 Å². The molecule has 0 radical (unpaired) electrons. The summed E-state index contributed by atoms with van der Waals surface area (Å²) in [6.07, 6.45) is 9.28. The minimum Gasteiger partial charge on any atom is -0.481 e. The van der Waals surface area contributed by atoms with Gasteiger partial charge in [-0.3, -0.25) is 4.79 Å². The molecule has 5 rings (SSSR count). The third-order valence-electron chi connectivity index (χ3n) is 6.64. The van der Waals surface area contributed by atoms with Crippen LogP contribution in [0.5, 0.6) is 5.75 Å². The third kappa shape index (κ3) is 4.14. The minimum atomic E-state index is -0.702. The molecular formula is C22H30O5. The summed E-state index contributed by atoms with van der Waals surface area (Å²) in [7, 11) is 0. The van der Waals surface area contributed by atoms with Gasteiger partial charge in [-0.1, -0.05) is 12.1 Å². The molecule has 5 heteroatoms. The number of benzene rings is 1. The van der Waals surface area contributed by atoms with Gasteiger partial charge in [-0.15, -0.1) is 0 Å². The summed E-state index contributed by atoms with van der Waals surface area (Å²) >= 11 is 0. The first kappa shape index (κ1) is 18.8. The van der Waals surface area contributed by atoms with E-state index in [9.17, 15) is 4.79 Å². The minimum absolute atomic E-state index is 0.132. The summed E-state index contributed by atoms with van der Waals surface area (Å²) in [6.45, 7) is 1.52.